The van der Waals surface area contributed by atoms with Crippen LogP contribution in [-0.2, 0) is 19.6 Å². The number of benzene rings is 2. The Kier molecular flexibility index (Phi) is 3.02. The van der Waals surface area contributed by atoms with Crippen molar-refractivity contribution in [2.75, 3.05) is 0 Å². The average Bonchev–Trinajstić information content (AvgIpc) is 2.82. The Morgan fingerprint density at radius 2 is 1.79 bits per heavy atom. The van der Waals surface area contributed by atoms with Gasteiger partial charge in [0.25, 0.3) is 0 Å². The second-order valence-electron chi connectivity index (χ2n) is 4.87. The number of rotatable bonds is 2. The van der Waals surface area contributed by atoms with Gasteiger partial charge in [-0.05, 0) is 41.0 Å². The molecular weight excluding hydrogens is 239 g/mol. The van der Waals surface area contributed by atoms with Crippen molar-refractivity contribution in [2.45, 2.75) is 19.6 Å². The van der Waals surface area contributed by atoms with Gasteiger partial charge in [0.1, 0.15) is 5.82 Å². The Hall–Kier alpha value is -2.18. The predicted octanol–water partition coefficient (Wildman–Crippen LogP) is 3.21. The number of fused-ring (bicyclic) bond motifs is 1. The zero-order valence-electron chi connectivity index (χ0n) is 10.4. The monoisotopic (exact) mass is 252 g/mol. The van der Waals surface area contributed by atoms with Crippen LogP contribution in [0.25, 0.3) is 0 Å². The van der Waals surface area contributed by atoms with E-state index in [0.717, 1.165) is 25.2 Å². The summed E-state index contributed by atoms with van der Waals surface area (Å²) in [6.07, 6.45) is 0. The molecule has 0 N–H and O–H groups in total. The molecule has 3 heteroatoms. The second kappa shape index (κ2) is 4.83. The molecule has 0 amide bonds. The van der Waals surface area contributed by atoms with E-state index in [1.807, 2.05) is 30.3 Å². The van der Waals surface area contributed by atoms with Crippen LogP contribution in [0.2, 0.25) is 0 Å². The highest BCUT2D eigenvalue weighted by Crippen LogP contribution is 2.25. The van der Waals surface area contributed by atoms with E-state index in [1.165, 1.54) is 23.3 Å². The van der Waals surface area contributed by atoms with Gasteiger partial charge in [-0.3, -0.25) is 4.90 Å². The molecule has 2 aromatic carbocycles. The van der Waals surface area contributed by atoms with Gasteiger partial charge in [-0.25, -0.2) is 4.39 Å². The molecular formula is C16H13FN2. The molecule has 0 atom stereocenters. The molecule has 0 saturated carbocycles. The fourth-order valence-corrected chi connectivity index (χ4v) is 2.49. The third-order valence-electron chi connectivity index (χ3n) is 3.44. The minimum absolute atomic E-state index is 0.202. The molecule has 0 fully saturated rings. The van der Waals surface area contributed by atoms with E-state index < -0.39 is 0 Å². The first kappa shape index (κ1) is 11.9. The minimum atomic E-state index is -0.202. The molecule has 0 aliphatic carbocycles. The van der Waals surface area contributed by atoms with Gasteiger partial charge < -0.3 is 0 Å². The van der Waals surface area contributed by atoms with Crippen molar-refractivity contribution in [2.24, 2.45) is 0 Å². The van der Waals surface area contributed by atoms with E-state index in [1.54, 1.807) is 0 Å². The highest BCUT2D eigenvalue weighted by molar-refractivity contribution is 5.40. The van der Waals surface area contributed by atoms with Gasteiger partial charge in [-0.2, -0.15) is 5.26 Å². The van der Waals surface area contributed by atoms with E-state index in [4.69, 9.17) is 5.26 Å². The van der Waals surface area contributed by atoms with Crippen LogP contribution < -0.4 is 0 Å². The minimum Gasteiger partial charge on any atom is -0.291 e. The van der Waals surface area contributed by atoms with Gasteiger partial charge >= 0.3 is 0 Å². The maximum Gasteiger partial charge on any atom is 0.123 e. The molecule has 0 bridgehead atoms. The molecule has 3 rings (SSSR count). The van der Waals surface area contributed by atoms with Crippen molar-refractivity contribution >= 4 is 0 Å². The first-order valence-electron chi connectivity index (χ1n) is 6.23. The molecule has 2 aromatic rings. The topological polar surface area (TPSA) is 27.0 Å². The highest BCUT2D eigenvalue weighted by atomic mass is 19.1. The summed E-state index contributed by atoms with van der Waals surface area (Å²) in [5.41, 5.74) is 4.32. The highest BCUT2D eigenvalue weighted by Gasteiger charge is 2.19. The zero-order chi connectivity index (χ0) is 13.2. The Morgan fingerprint density at radius 1 is 1.05 bits per heavy atom. The van der Waals surface area contributed by atoms with Gasteiger partial charge in [0.2, 0.25) is 0 Å². The maximum atomic E-state index is 12.9. The summed E-state index contributed by atoms with van der Waals surface area (Å²) in [5, 5.41) is 8.90. The Labute approximate surface area is 111 Å². The van der Waals surface area contributed by atoms with E-state index in [-0.39, 0.29) is 5.82 Å². The molecule has 0 radical (unpaired) electrons. The molecule has 1 aliphatic heterocycles. The molecule has 94 valence electrons. The van der Waals surface area contributed by atoms with Gasteiger partial charge in [0, 0.05) is 19.6 Å². The number of nitrogens with zero attached hydrogens (tertiary/aromatic N) is 2. The third-order valence-corrected chi connectivity index (χ3v) is 3.44. The first-order valence-corrected chi connectivity index (χ1v) is 6.23. The summed E-state index contributed by atoms with van der Waals surface area (Å²) in [7, 11) is 0. The largest absolute Gasteiger partial charge is 0.291 e. The first-order chi connectivity index (χ1) is 9.24. The second-order valence-corrected chi connectivity index (χ2v) is 4.87. The summed E-state index contributed by atoms with van der Waals surface area (Å²) in [5.74, 6) is -0.202. The van der Waals surface area contributed by atoms with Crippen molar-refractivity contribution in [1.29, 1.82) is 5.26 Å². The maximum absolute atomic E-state index is 12.9. The fourth-order valence-electron chi connectivity index (χ4n) is 2.49. The van der Waals surface area contributed by atoms with E-state index in [2.05, 4.69) is 11.0 Å². The van der Waals surface area contributed by atoms with Gasteiger partial charge in [0.05, 0.1) is 11.6 Å². The summed E-state index contributed by atoms with van der Waals surface area (Å²) >= 11 is 0. The lowest BCUT2D eigenvalue weighted by Gasteiger charge is -2.14. The predicted molar refractivity (Wildman–Crippen MR) is 70.5 cm³/mol. The molecule has 2 nitrogen and oxygen atoms in total. The van der Waals surface area contributed by atoms with Crippen LogP contribution in [-0.4, -0.2) is 4.90 Å². The number of nitriles is 1. The summed E-state index contributed by atoms with van der Waals surface area (Å²) in [4.78, 5) is 2.29. The Bertz CT molecular complexity index is 641. The third kappa shape index (κ3) is 2.49. The van der Waals surface area contributed by atoms with Crippen molar-refractivity contribution in [1.82, 2.24) is 4.90 Å². The lowest BCUT2D eigenvalue weighted by atomic mass is 10.1. The molecule has 1 aliphatic rings. The Morgan fingerprint density at radius 3 is 2.53 bits per heavy atom. The molecule has 0 spiro atoms. The molecule has 0 saturated heterocycles. The molecule has 19 heavy (non-hydrogen) atoms. The van der Waals surface area contributed by atoms with Crippen LogP contribution >= 0.6 is 0 Å². The van der Waals surface area contributed by atoms with Crippen LogP contribution in [0.1, 0.15) is 22.3 Å². The lowest BCUT2D eigenvalue weighted by molar-refractivity contribution is 0.275. The van der Waals surface area contributed by atoms with Crippen LogP contribution in [0.4, 0.5) is 4.39 Å². The van der Waals surface area contributed by atoms with Crippen molar-refractivity contribution in [3.05, 3.63) is 70.5 Å². The summed E-state index contributed by atoms with van der Waals surface area (Å²) < 4.78 is 12.9. The number of hydrogen-bond donors (Lipinski definition) is 0. The quantitative estimate of drug-likeness (QED) is 0.820. The van der Waals surface area contributed by atoms with Crippen LogP contribution in [0, 0.1) is 17.1 Å². The van der Waals surface area contributed by atoms with E-state index >= 15 is 0 Å². The molecule has 1 heterocycles. The molecule has 0 aromatic heterocycles. The Balaban J connectivity index is 1.73. The van der Waals surface area contributed by atoms with Gasteiger partial charge in [-0.1, -0.05) is 18.2 Å². The van der Waals surface area contributed by atoms with Gasteiger partial charge in [0.15, 0.2) is 0 Å². The number of halogens is 1. The zero-order valence-corrected chi connectivity index (χ0v) is 10.4. The normalized spacial score (nSPS) is 14.1. The fraction of sp³-hybridized carbons (Fsp3) is 0.188. The lowest BCUT2D eigenvalue weighted by Crippen LogP contribution is -2.15. The standard InChI is InChI=1S/C16H13FN2/c17-16-5-2-12(3-6-16)9-19-10-14-4-1-13(8-18)7-15(14)11-19/h1-7H,9-11H2. The van der Waals surface area contributed by atoms with E-state index in [9.17, 15) is 4.39 Å². The van der Waals surface area contributed by atoms with Crippen molar-refractivity contribution < 1.29 is 4.39 Å². The summed E-state index contributed by atoms with van der Waals surface area (Å²) in [6, 6.07) is 14.6. The smallest absolute Gasteiger partial charge is 0.123 e. The van der Waals surface area contributed by atoms with Crippen LogP contribution in [0.15, 0.2) is 42.5 Å². The van der Waals surface area contributed by atoms with E-state index in [0.29, 0.717) is 5.56 Å². The van der Waals surface area contributed by atoms with Gasteiger partial charge in [-0.15, -0.1) is 0 Å². The number of hydrogen-bond acceptors (Lipinski definition) is 2. The van der Waals surface area contributed by atoms with Crippen molar-refractivity contribution in [3.8, 4) is 6.07 Å². The van der Waals surface area contributed by atoms with Crippen LogP contribution in [0.5, 0.6) is 0 Å². The average molecular weight is 252 g/mol. The van der Waals surface area contributed by atoms with Crippen LogP contribution in [0.3, 0.4) is 0 Å². The molecule has 0 unspecified atom stereocenters. The summed E-state index contributed by atoms with van der Waals surface area (Å²) in [6.45, 7) is 2.54. The van der Waals surface area contributed by atoms with Crippen molar-refractivity contribution in [3.63, 3.8) is 0 Å². The SMILES string of the molecule is N#Cc1ccc2c(c1)CN(Cc1ccc(F)cc1)C2.